The van der Waals surface area contributed by atoms with Gasteiger partial charge in [-0.25, -0.2) is 4.84 Å². The topological polar surface area (TPSA) is 84.2 Å². The van der Waals surface area contributed by atoms with Crippen LogP contribution in [0.3, 0.4) is 0 Å². The normalized spacial score (nSPS) is 10.3. The fourth-order valence-corrected chi connectivity index (χ4v) is 1.84. The van der Waals surface area contributed by atoms with Gasteiger partial charge < -0.3 is 11.1 Å². The summed E-state index contributed by atoms with van der Waals surface area (Å²) in [6, 6.07) is 4.93. The van der Waals surface area contributed by atoms with Crippen LogP contribution in [0.4, 0.5) is 0 Å². The van der Waals surface area contributed by atoms with Gasteiger partial charge in [-0.15, -0.1) is 0 Å². The summed E-state index contributed by atoms with van der Waals surface area (Å²) in [5.41, 5.74) is 7.34. The molecule has 0 fully saturated rings. The molecular weight excluding hydrogens is 266 g/mol. The maximum Gasteiger partial charge on any atom is 0.251 e. The van der Waals surface area contributed by atoms with Gasteiger partial charge in [-0.3, -0.25) is 9.59 Å². The average molecular weight is 284 g/mol. The van der Waals surface area contributed by atoms with Gasteiger partial charge in [-0.05, 0) is 42.8 Å². The Kier molecular flexibility index (Phi) is 6.49. The quantitative estimate of drug-likeness (QED) is 0.399. The maximum absolute atomic E-state index is 11.9. The fraction of sp³-hybridized carbons (Fsp3) is 0.385. The summed E-state index contributed by atoms with van der Waals surface area (Å²) in [6.07, 6.45) is 0.741. The molecule has 1 aromatic rings. The Morgan fingerprint density at radius 2 is 2.05 bits per heavy atom. The van der Waals surface area contributed by atoms with E-state index in [0.717, 1.165) is 6.42 Å². The largest absolute Gasteiger partial charge is 0.352 e. The molecule has 1 rings (SSSR count). The summed E-state index contributed by atoms with van der Waals surface area (Å²) in [4.78, 5) is 25.7. The molecule has 0 saturated carbocycles. The molecule has 0 atom stereocenters. The van der Waals surface area contributed by atoms with E-state index < -0.39 is 0 Å². The van der Waals surface area contributed by atoms with E-state index in [-0.39, 0.29) is 18.2 Å². The molecule has 1 amide bonds. The van der Waals surface area contributed by atoms with Crippen LogP contribution >= 0.6 is 11.8 Å². The second-order valence-electron chi connectivity index (χ2n) is 4.13. The van der Waals surface area contributed by atoms with Crippen LogP contribution in [0.15, 0.2) is 18.2 Å². The molecule has 1 aromatic carbocycles. The molecule has 0 unspecified atom stereocenters. The zero-order chi connectivity index (χ0) is 14.3. The molecule has 0 aliphatic rings. The van der Waals surface area contributed by atoms with E-state index in [0.29, 0.717) is 29.8 Å². The summed E-state index contributed by atoms with van der Waals surface area (Å²) in [7, 11) is 0. The van der Waals surface area contributed by atoms with Crippen molar-refractivity contribution in [1.29, 1.82) is 0 Å². The number of Topliss-reactive ketones (excluding diaryl/α,β-unsaturated/α-hetero) is 1. The van der Waals surface area contributed by atoms with E-state index in [9.17, 15) is 9.59 Å². The number of carbonyl (C=O) groups is 2. The van der Waals surface area contributed by atoms with Gasteiger partial charge in [0.05, 0.1) is 0 Å². The Bertz CT molecular complexity index is 463. The maximum atomic E-state index is 11.9. The zero-order valence-electron chi connectivity index (χ0n) is 10.8. The van der Waals surface area contributed by atoms with E-state index in [4.69, 9.17) is 17.5 Å². The minimum Gasteiger partial charge on any atom is -0.352 e. The van der Waals surface area contributed by atoms with Crippen molar-refractivity contribution in [2.75, 3.05) is 13.1 Å². The number of hydrogen-bond acceptors (Lipinski definition) is 4. The highest BCUT2D eigenvalue weighted by Crippen LogP contribution is 2.12. The first-order valence-electron chi connectivity index (χ1n) is 6.05. The Hall–Kier alpha value is -1.43. The van der Waals surface area contributed by atoms with Crippen LogP contribution in [0, 0.1) is 0 Å². The Morgan fingerprint density at radius 3 is 2.63 bits per heavy atom. The minimum absolute atomic E-state index is 0.0550. The van der Waals surface area contributed by atoms with Crippen molar-refractivity contribution < 1.29 is 9.59 Å². The highest BCUT2D eigenvalue weighted by Gasteiger charge is 2.10. The minimum atomic E-state index is -0.181. The molecule has 19 heavy (non-hydrogen) atoms. The second-order valence-corrected chi connectivity index (χ2v) is 4.39. The molecule has 4 N–H and O–H groups in total. The van der Waals surface area contributed by atoms with Gasteiger partial charge in [-0.1, -0.05) is 6.07 Å². The lowest BCUT2D eigenvalue weighted by molar-refractivity contribution is 0.0951. The number of nitrogens with one attached hydrogen (secondary N) is 2. The smallest absolute Gasteiger partial charge is 0.251 e. The van der Waals surface area contributed by atoms with Crippen molar-refractivity contribution in [2.24, 2.45) is 5.73 Å². The fourth-order valence-electron chi connectivity index (χ4n) is 1.71. The first-order chi connectivity index (χ1) is 9.10. The van der Waals surface area contributed by atoms with Gasteiger partial charge in [-0.2, -0.15) is 0 Å². The van der Waals surface area contributed by atoms with Crippen molar-refractivity contribution >= 4 is 23.5 Å². The number of hydrogen-bond donors (Lipinski definition) is 3. The number of rotatable bonds is 7. The van der Waals surface area contributed by atoms with Gasteiger partial charge in [0.1, 0.15) is 0 Å². The van der Waals surface area contributed by atoms with Crippen molar-refractivity contribution in [3.8, 4) is 0 Å². The number of ketones is 1. The molecule has 104 valence electrons. The molecule has 0 aliphatic heterocycles. The van der Waals surface area contributed by atoms with Crippen LogP contribution in [0.5, 0.6) is 0 Å². The van der Waals surface area contributed by atoms with Crippen molar-refractivity contribution in [3.05, 3.63) is 34.9 Å². The predicted octanol–water partition coefficient (Wildman–Crippen LogP) is 1.21. The number of benzene rings is 1. The van der Waals surface area contributed by atoms with Crippen LogP contribution in [-0.2, 0) is 6.54 Å². The number of carbonyl (C=O) groups excluding carboxylic acids is 2. The molecule has 0 spiro atoms. The molecule has 0 heterocycles. The predicted molar refractivity (Wildman–Crippen MR) is 75.1 cm³/mol. The van der Waals surface area contributed by atoms with E-state index in [1.807, 2.05) is 0 Å². The summed E-state index contributed by atoms with van der Waals surface area (Å²) in [5.74, 6) is -0.236. The van der Waals surface area contributed by atoms with Gasteiger partial charge >= 0.3 is 0 Å². The third kappa shape index (κ3) is 4.63. The van der Waals surface area contributed by atoms with Crippen molar-refractivity contribution in [2.45, 2.75) is 19.9 Å². The lowest BCUT2D eigenvalue weighted by Crippen LogP contribution is -2.26. The Balaban J connectivity index is 2.73. The van der Waals surface area contributed by atoms with Crippen LogP contribution in [0.25, 0.3) is 0 Å². The molecule has 0 aliphatic carbocycles. The van der Waals surface area contributed by atoms with E-state index in [2.05, 4.69) is 10.2 Å². The SMILES string of the molecule is CC(=O)c1ccc(C(=O)NCCCNCl)cc1CN. The highest BCUT2D eigenvalue weighted by molar-refractivity contribution is 6.13. The van der Waals surface area contributed by atoms with E-state index in [1.165, 1.54) is 6.92 Å². The monoisotopic (exact) mass is 283 g/mol. The standard InChI is InChI=1S/C13H18ClN3O2/c1-9(18)12-4-3-10(7-11(12)8-15)13(19)16-5-2-6-17-14/h3-4,7,17H,2,5-6,8,15H2,1H3,(H,16,19). The van der Waals surface area contributed by atoms with Crippen LogP contribution < -0.4 is 15.9 Å². The molecule has 0 saturated heterocycles. The molecule has 0 radical (unpaired) electrons. The average Bonchev–Trinajstić information content (AvgIpc) is 2.42. The van der Waals surface area contributed by atoms with Crippen LogP contribution in [-0.4, -0.2) is 24.8 Å². The number of amides is 1. The van der Waals surface area contributed by atoms with Crippen molar-refractivity contribution in [3.63, 3.8) is 0 Å². The summed E-state index contributed by atoms with van der Waals surface area (Å²) in [6.45, 7) is 2.86. The van der Waals surface area contributed by atoms with Gasteiger partial charge in [0.2, 0.25) is 0 Å². The van der Waals surface area contributed by atoms with E-state index in [1.54, 1.807) is 18.2 Å². The zero-order valence-corrected chi connectivity index (χ0v) is 11.6. The molecule has 0 aromatic heterocycles. The summed E-state index contributed by atoms with van der Waals surface area (Å²) >= 11 is 5.31. The van der Waals surface area contributed by atoms with Crippen molar-refractivity contribution in [1.82, 2.24) is 10.2 Å². The molecule has 6 heteroatoms. The van der Waals surface area contributed by atoms with E-state index >= 15 is 0 Å². The third-order valence-corrected chi connectivity index (χ3v) is 2.89. The van der Waals surface area contributed by atoms with Gasteiger partial charge in [0.15, 0.2) is 5.78 Å². The molecule has 0 bridgehead atoms. The number of halogens is 1. The lowest BCUT2D eigenvalue weighted by atomic mass is 10.0. The second kappa shape index (κ2) is 7.89. The summed E-state index contributed by atoms with van der Waals surface area (Å²) in [5, 5.41) is 2.77. The van der Waals surface area contributed by atoms with Crippen LogP contribution in [0.1, 0.15) is 39.6 Å². The van der Waals surface area contributed by atoms with Gasteiger partial charge in [0, 0.05) is 30.8 Å². The molecular formula is C13H18ClN3O2. The Morgan fingerprint density at radius 1 is 1.32 bits per heavy atom. The molecule has 5 nitrogen and oxygen atoms in total. The Labute approximate surface area is 117 Å². The van der Waals surface area contributed by atoms with Gasteiger partial charge in [0.25, 0.3) is 5.91 Å². The number of nitrogens with two attached hydrogens (primary N) is 1. The first kappa shape index (κ1) is 15.6. The lowest BCUT2D eigenvalue weighted by Gasteiger charge is -2.09. The first-order valence-corrected chi connectivity index (χ1v) is 6.43. The van der Waals surface area contributed by atoms with Crippen LogP contribution in [0.2, 0.25) is 0 Å². The highest BCUT2D eigenvalue weighted by atomic mass is 35.5. The summed E-state index contributed by atoms with van der Waals surface area (Å²) < 4.78 is 0. The third-order valence-electron chi connectivity index (χ3n) is 2.70.